The number of aryl methyl sites for hydroxylation is 1. The molecule has 2 heterocycles. The first kappa shape index (κ1) is 20.0. The Morgan fingerprint density at radius 3 is 2.63 bits per heavy atom. The summed E-state index contributed by atoms with van der Waals surface area (Å²) >= 11 is 0. The predicted molar refractivity (Wildman–Crippen MR) is 114 cm³/mol. The molecule has 8 nitrogen and oxygen atoms in total. The maximum atomic E-state index is 12.7. The van der Waals surface area contributed by atoms with Gasteiger partial charge in [-0.2, -0.15) is 0 Å². The number of anilines is 1. The lowest BCUT2D eigenvalue weighted by molar-refractivity contribution is -0.121. The third-order valence-corrected chi connectivity index (χ3v) is 5.86. The van der Waals surface area contributed by atoms with E-state index in [0.29, 0.717) is 22.8 Å². The summed E-state index contributed by atoms with van der Waals surface area (Å²) in [5, 5.41) is 2.96. The number of H-pyrrole nitrogens is 1. The molecule has 0 aliphatic heterocycles. The molecule has 0 atom stereocenters. The van der Waals surface area contributed by atoms with Gasteiger partial charge < -0.3 is 19.8 Å². The molecule has 30 heavy (non-hydrogen) atoms. The topological polar surface area (TPSA) is 98.2 Å². The highest BCUT2D eigenvalue weighted by molar-refractivity contribution is 5.92. The normalized spacial score (nSPS) is 18.9. The number of hydrogen-bond donors (Lipinski definition) is 2. The summed E-state index contributed by atoms with van der Waals surface area (Å²) in [7, 11) is 3.16. The molecule has 0 radical (unpaired) electrons. The lowest BCUT2D eigenvalue weighted by Gasteiger charge is -2.28. The number of fused-ring (bicyclic) bond motifs is 1. The SMILES string of the molecule is COc1ncc(NC(=O)[C@H]2CC[C@@H](n3c(=O)[nH]c4c(OC)cccc43)CC2)cc1C. The molecule has 8 heteroatoms. The Balaban J connectivity index is 1.45. The monoisotopic (exact) mass is 410 g/mol. The van der Waals surface area contributed by atoms with Gasteiger partial charge in [-0.15, -0.1) is 0 Å². The Bertz CT molecular complexity index is 1130. The molecule has 1 fully saturated rings. The molecule has 4 rings (SSSR count). The van der Waals surface area contributed by atoms with Crippen molar-refractivity contribution in [1.82, 2.24) is 14.5 Å². The fourth-order valence-corrected chi connectivity index (χ4v) is 4.34. The average Bonchev–Trinajstić information content (AvgIpc) is 3.09. The van der Waals surface area contributed by atoms with Crippen LogP contribution >= 0.6 is 0 Å². The zero-order valence-corrected chi connectivity index (χ0v) is 17.4. The number of carbonyl (C=O) groups is 1. The summed E-state index contributed by atoms with van der Waals surface area (Å²) in [6, 6.07) is 7.56. The molecule has 1 saturated carbocycles. The number of ether oxygens (including phenoxy) is 2. The van der Waals surface area contributed by atoms with E-state index in [2.05, 4.69) is 15.3 Å². The van der Waals surface area contributed by atoms with Gasteiger partial charge in [-0.05, 0) is 50.8 Å². The van der Waals surface area contributed by atoms with E-state index in [-0.39, 0.29) is 23.6 Å². The number of carbonyl (C=O) groups excluding carboxylic acids is 1. The number of rotatable bonds is 5. The quantitative estimate of drug-likeness (QED) is 0.672. The predicted octanol–water partition coefficient (Wildman–Crippen LogP) is 3.42. The van der Waals surface area contributed by atoms with Crippen LogP contribution in [0.2, 0.25) is 0 Å². The highest BCUT2D eigenvalue weighted by Crippen LogP contribution is 2.35. The van der Waals surface area contributed by atoms with E-state index in [1.165, 1.54) is 0 Å². The number of hydrogen-bond acceptors (Lipinski definition) is 5. The second kappa shape index (κ2) is 8.22. The summed E-state index contributed by atoms with van der Waals surface area (Å²) in [6.45, 7) is 1.89. The molecule has 0 bridgehead atoms. The second-order valence-electron chi connectivity index (χ2n) is 7.70. The number of aromatic nitrogens is 3. The minimum Gasteiger partial charge on any atom is -0.494 e. The van der Waals surface area contributed by atoms with Crippen LogP contribution in [0.4, 0.5) is 5.69 Å². The molecule has 0 saturated heterocycles. The molecular formula is C22H26N4O4. The van der Waals surface area contributed by atoms with Gasteiger partial charge in [0.25, 0.3) is 0 Å². The van der Waals surface area contributed by atoms with Crippen molar-refractivity contribution in [2.24, 2.45) is 5.92 Å². The van der Waals surface area contributed by atoms with Crippen LogP contribution in [0.15, 0.2) is 35.3 Å². The van der Waals surface area contributed by atoms with Crippen LogP contribution < -0.4 is 20.5 Å². The van der Waals surface area contributed by atoms with Crippen molar-refractivity contribution in [2.45, 2.75) is 38.6 Å². The first-order valence-electron chi connectivity index (χ1n) is 10.1. The minimum absolute atomic E-state index is 0.00670. The van der Waals surface area contributed by atoms with Crippen molar-refractivity contribution in [1.29, 1.82) is 0 Å². The number of imidazole rings is 1. The maximum absolute atomic E-state index is 12.7. The van der Waals surface area contributed by atoms with Crippen LogP contribution in [0.1, 0.15) is 37.3 Å². The van der Waals surface area contributed by atoms with Crippen molar-refractivity contribution in [3.63, 3.8) is 0 Å². The van der Waals surface area contributed by atoms with E-state index in [9.17, 15) is 9.59 Å². The van der Waals surface area contributed by atoms with E-state index in [1.54, 1.807) is 20.4 Å². The van der Waals surface area contributed by atoms with Gasteiger partial charge in [0.1, 0.15) is 11.3 Å². The van der Waals surface area contributed by atoms with Gasteiger partial charge in [-0.3, -0.25) is 9.36 Å². The van der Waals surface area contributed by atoms with Crippen LogP contribution in [-0.4, -0.2) is 34.7 Å². The molecular weight excluding hydrogens is 384 g/mol. The smallest absolute Gasteiger partial charge is 0.326 e. The summed E-state index contributed by atoms with van der Waals surface area (Å²) in [6.07, 6.45) is 4.59. The van der Waals surface area contributed by atoms with Crippen LogP contribution in [0.5, 0.6) is 11.6 Å². The average molecular weight is 410 g/mol. The van der Waals surface area contributed by atoms with Crippen molar-refractivity contribution >= 4 is 22.6 Å². The van der Waals surface area contributed by atoms with E-state index < -0.39 is 0 Å². The standard InChI is InChI=1S/C22H26N4O4/c1-13-11-15(12-23-21(13)30-3)24-20(27)14-7-9-16(10-8-14)26-17-5-4-6-18(29-2)19(17)25-22(26)28/h4-6,11-12,14,16H,7-10H2,1-3H3,(H,24,27)(H,25,28)/t14-,16+. The lowest BCUT2D eigenvalue weighted by atomic mass is 9.85. The molecule has 1 amide bonds. The Kier molecular flexibility index (Phi) is 5.48. The number of nitrogens with zero attached hydrogens (tertiary/aromatic N) is 2. The lowest BCUT2D eigenvalue weighted by Crippen LogP contribution is -2.31. The number of nitrogens with one attached hydrogen (secondary N) is 2. The number of aromatic amines is 1. The van der Waals surface area contributed by atoms with Crippen molar-refractivity contribution in [2.75, 3.05) is 19.5 Å². The summed E-state index contributed by atoms with van der Waals surface area (Å²) in [4.78, 5) is 32.4. The Hall–Kier alpha value is -3.29. The molecule has 1 aliphatic carbocycles. The molecule has 0 unspecified atom stereocenters. The van der Waals surface area contributed by atoms with E-state index in [1.807, 2.05) is 35.8 Å². The Morgan fingerprint density at radius 2 is 1.97 bits per heavy atom. The number of methoxy groups -OCH3 is 2. The van der Waals surface area contributed by atoms with Gasteiger partial charge in [-0.1, -0.05) is 6.07 Å². The van der Waals surface area contributed by atoms with E-state index >= 15 is 0 Å². The third-order valence-electron chi connectivity index (χ3n) is 5.86. The number of para-hydroxylation sites is 1. The maximum Gasteiger partial charge on any atom is 0.326 e. The van der Waals surface area contributed by atoms with Gasteiger partial charge in [0, 0.05) is 17.5 Å². The first-order chi connectivity index (χ1) is 14.5. The highest BCUT2D eigenvalue weighted by Gasteiger charge is 2.29. The summed E-state index contributed by atoms with van der Waals surface area (Å²) in [5.41, 5.74) is 2.95. The van der Waals surface area contributed by atoms with Gasteiger partial charge in [0.15, 0.2) is 0 Å². The number of pyridine rings is 1. The first-order valence-corrected chi connectivity index (χ1v) is 10.1. The highest BCUT2D eigenvalue weighted by atomic mass is 16.5. The Morgan fingerprint density at radius 1 is 1.20 bits per heavy atom. The van der Waals surface area contributed by atoms with Gasteiger partial charge in [0.05, 0.1) is 31.6 Å². The van der Waals surface area contributed by atoms with Crippen molar-refractivity contribution in [3.8, 4) is 11.6 Å². The fraction of sp³-hybridized carbons (Fsp3) is 0.409. The molecule has 2 aromatic heterocycles. The van der Waals surface area contributed by atoms with Gasteiger partial charge >= 0.3 is 5.69 Å². The fourth-order valence-electron chi connectivity index (χ4n) is 4.34. The Labute approximate surface area is 174 Å². The zero-order valence-electron chi connectivity index (χ0n) is 17.4. The minimum atomic E-state index is -0.137. The number of amides is 1. The third kappa shape index (κ3) is 3.65. The van der Waals surface area contributed by atoms with E-state index in [4.69, 9.17) is 9.47 Å². The van der Waals surface area contributed by atoms with E-state index in [0.717, 1.165) is 36.8 Å². The summed E-state index contributed by atoms with van der Waals surface area (Å²) < 4.78 is 12.3. The van der Waals surface area contributed by atoms with Crippen LogP contribution in [0.3, 0.4) is 0 Å². The van der Waals surface area contributed by atoms with Gasteiger partial charge in [-0.25, -0.2) is 9.78 Å². The van der Waals surface area contributed by atoms with Crippen molar-refractivity contribution in [3.05, 3.63) is 46.5 Å². The summed E-state index contributed by atoms with van der Waals surface area (Å²) in [5.74, 6) is 1.11. The van der Waals surface area contributed by atoms with Gasteiger partial charge in [0.2, 0.25) is 11.8 Å². The van der Waals surface area contributed by atoms with Crippen molar-refractivity contribution < 1.29 is 14.3 Å². The molecule has 2 N–H and O–H groups in total. The molecule has 0 spiro atoms. The number of benzene rings is 1. The molecule has 1 aliphatic rings. The molecule has 1 aromatic carbocycles. The molecule has 158 valence electrons. The second-order valence-corrected chi connectivity index (χ2v) is 7.70. The molecule has 3 aromatic rings. The zero-order chi connectivity index (χ0) is 21.3. The largest absolute Gasteiger partial charge is 0.494 e. The van der Waals surface area contributed by atoms with Crippen LogP contribution in [0.25, 0.3) is 11.0 Å². The van der Waals surface area contributed by atoms with Crippen LogP contribution in [-0.2, 0) is 4.79 Å². The van der Waals surface area contributed by atoms with Crippen LogP contribution in [0, 0.1) is 12.8 Å².